The fraction of sp³-hybridized carbons (Fsp3) is 0.588. The fourth-order valence-corrected chi connectivity index (χ4v) is 2.97. The van der Waals surface area contributed by atoms with E-state index in [0.717, 1.165) is 25.8 Å². The Morgan fingerprint density at radius 1 is 1.20 bits per heavy atom. The van der Waals surface area contributed by atoms with Crippen LogP contribution in [0.1, 0.15) is 56.0 Å². The lowest BCUT2D eigenvalue weighted by atomic mass is 10.0. The molecule has 0 radical (unpaired) electrons. The first-order chi connectivity index (χ1) is 9.58. The second kappa shape index (κ2) is 6.40. The van der Waals surface area contributed by atoms with Gasteiger partial charge in [-0.3, -0.25) is 10.1 Å². The molecule has 3 nitrogen and oxygen atoms in total. The van der Waals surface area contributed by atoms with Crippen molar-refractivity contribution in [3.8, 4) is 0 Å². The second-order valence-corrected chi connectivity index (χ2v) is 5.80. The van der Waals surface area contributed by atoms with Crippen LogP contribution < -0.4 is 5.32 Å². The molecule has 1 aromatic carbocycles. The van der Waals surface area contributed by atoms with Crippen LogP contribution >= 0.6 is 0 Å². The average Bonchev–Trinajstić information content (AvgIpc) is 2.72. The van der Waals surface area contributed by atoms with Crippen molar-refractivity contribution in [3.05, 3.63) is 34.9 Å². The van der Waals surface area contributed by atoms with Crippen LogP contribution in [-0.4, -0.2) is 23.4 Å². The summed E-state index contributed by atoms with van der Waals surface area (Å²) in [5.74, 6) is 0.264. The standard InChI is InChI=1S/C17H26N2O/c1-5-7-15-17(20)19(10-6-2)16(18-15)14-11-12(3)8-9-13(14)4/h8-9,11,15-16,18H,5-7,10H2,1-4H3. The first kappa shape index (κ1) is 15.0. The van der Waals surface area contributed by atoms with Gasteiger partial charge in [0.25, 0.3) is 0 Å². The van der Waals surface area contributed by atoms with E-state index < -0.39 is 0 Å². The minimum Gasteiger partial charge on any atom is -0.322 e. The van der Waals surface area contributed by atoms with Gasteiger partial charge >= 0.3 is 0 Å². The Hall–Kier alpha value is -1.35. The summed E-state index contributed by atoms with van der Waals surface area (Å²) in [5.41, 5.74) is 3.74. The molecule has 3 heteroatoms. The lowest BCUT2D eigenvalue weighted by molar-refractivity contribution is -0.130. The number of hydrogen-bond donors (Lipinski definition) is 1. The third-order valence-electron chi connectivity index (χ3n) is 4.02. The van der Waals surface area contributed by atoms with Crippen molar-refractivity contribution in [1.82, 2.24) is 10.2 Å². The molecule has 110 valence electrons. The Labute approximate surface area is 122 Å². The molecule has 2 atom stereocenters. The molecule has 1 N–H and O–H groups in total. The number of nitrogens with zero attached hydrogens (tertiary/aromatic N) is 1. The number of nitrogens with one attached hydrogen (secondary N) is 1. The van der Waals surface area contributed by atoms with Crippen LogP contribution in [-0.2, 0) is 4.79 Å². The van der Waals surface area contributed by atoms with Crippen LogP contribution in [0.3, 0.4) is 0 Å². The summed E-state index contributed by atoms with van der Waals surface area (Å²) in [6.07, 6.45) is 2.98. The maximum atomic E-state index is 12.5. The third kappa shape index (κ3) is 2.88. The van der Waals surface area contributed by atoms with Crippen LogP contribution in [0, 0.1) is 13.8 Å². The largest absolute Gasteiger partial charge is 0.322 e. The maximum Gasteiger partial charge on any atom is 0.241 e. The van der Waals surface area contributed by atoms with Gasteiger partial charge in [-0.2, -0.15) is 0 Å². The van der Waals surface area contributed by atoms with E-state index in [-0.39, 0.29) is 18.1 Å². The van der Waals surface area contributed by atoms with E-state index in [9.17, 15) is 4.79 Å². The van der Waals surface area contributed by atoms with E-state index in [4.69, 9.17) is 0 Å². The highest BCUT2D eigenvalue weighted by Crippen LogP contribution is 2.29. The van der Waals surface area contributed by atoms with E-state index in [1.54, 1.807) is 0 Å². The van der Waals surface area contributed by atoms with E-state index in [1.165, 1.54) is 16.7 Å². The Bertz CT molecular complexity index is 484. The first-order valence-corrected chi connectivity index (χ1v) is 7.72. The summed E-state index contributed by atoms with van der Waals surface area (Å²) in [4.78, 5) is 14.5. The van der Waals surface area contributed by atoms with Gasteiger partial charge in [-0.15, -0.1) is 0 Å². The van der Waals surface area contributed by atoms with Gasteiger partial charge in [0.1, 0.15) is 6.17 Å². The molecule has 0 spiro atoms. The van der Waals surface area contributed by atoms with Crippen LogP contribution in [0.5, 0.6) is 0 Å². The average molecular weight is 274 g/mol. The predicted octanol–water partition coefficient (Wildman–Crippen LogP) is 3.31. The summed E-state index contributed by atoms with van der Waals surface area (Å²) < 4.78 is 0. The molecule has 0 aromatic heterocycles. The number of amides is 1. The Kier molecular flexibility index (Phi) is 4.81. The zero-order chi connectivity index (χ0) is 14.7. The summed E-state index contributed by atoms with van der Waals surface area (Å²) >= 11 is 0. The number of carbonyl (C=O) groups excluding carboxylic acids is 1. The fourth-order valence-electron chi connectivity index (χ4n) is 2.97. The second-order valence-electron chi connectivity index (χ2n) is 5.80. The summed E-state index contributed by atoms with van der Waals surface area (Å²) in [6, 6.07) is 6.46. The molecule has 1 saturated heterocycles. The predicted molar refractivity (Wildman–Crippen MR) is 82.5 cm³/mol. The van der Waals surface area contributed by atoms with Gasteiger partial charge in [-0.25, -0.2) is 0 Å². The highest BCUT2D eigenvalue weighted by Gasteiger charge is 2.38. The highest BCUT2D eigenvalue weighted by molar-refractivity contribution is 5.84. The number of benzene rings is 1. The molecule has 1 aliphatic rings. The zero-order valence-corrected chi connectivity index (χ0v) is 13.1. The van der Waals surface area contributed by atoms with Crippen LogP contribution in [0.2, 0.25) is 0 Å². The van der Waals surface area contributed by atoms with Crippen molar-refractivity contribution in [2.24, 2.45) is 0 Å². The van der Waals surface area contributed by atoms with Crippen molar-refractivity contribution < 1.29 is 4.79 Å². The molecular formula is C17H26N2O. The summed E-state index contributed by atoms with van der Waals surface area (Å²) in [6.45, 7) is 9.31. The molecule has 1 fully saturated rings. The SMILES string of the molecule is CCCC1NC(c2cc(C)ccc2C)N(CCC)C1=O. The Morgan fingerprint density at radius 3 is 2.60 bits per heavy atom. The lowest BCUT2D eigenvalue weighted by Crippen LogP contribution is -2.32. The molecule has 20 heavy (non-hydrogen) atoms. The topological polar surface area (TPSA) is 32.3 Å². The number of rotatable bonds is 5. The molecule has 1 amide bonds. The quantitative estimate of drug-likeness (QED) is 0.893. The Morgan fingerprint density at radius 2 is 1.95 bits per heavy atom. The Balaban J connectivity index is 2.32. The van der Waals surface area contributed by atoms with Gasteiger partial charge in [0, 0.05) is 6.54 Å². The van der Waals surface area contributed by atoms with Gasteiger partial charge in [-0.1, -0.05) is 44.0 Å². The molecule has 2 rings (SSSR count). The monoisotopic (exact) mass is 274 g/mol. The smallest absolute Gasteiger partial charge is 0.241 e. The molecule has 1 aromatic rings. The van der Waals surface area contributed by atoms with E-state index in [1.807, 2.05) is 4.90 Å². The summed E-state index contributed by atoms with van der Waals surface area (Å²) in [7, 11) is 0. The molecular weight excluding hydrogens is 248 g/mol. The van der Waals surface area contributed by atoms with Gasteiger partial charge < -0.3 is 4.90 Å². The van der Waals surface area contributed by atoms with Crippen molar-refractivity contribution in [2.45, 2.75) is 59.2 Å². The van der Waals surface area contributed by atoms with Gasteiger partial charge in [0.15, 0.2) is 0 Å². The van der Waals surface area contributed by atoms with Crippen LogP contribution in [0.4, 0.5) is 0 Å². The van der Waals surface area contributed by atoms with Crippen LogP contribution in [0.15, 0.2) is 18.2 Å². The molecule has 2 unspecified atom stereocenters. The van der Waals surface area contributed by atoms with E-state index in [2.05, 4.69) is 51.2 Å². The molecule has 0 aliphatic carbocycles. The number of hydrogen-bond acceptors (Lipinski definition) is 2. The normalized spacial score (nSPS) is 22.6. The molecule has 1 aliphatic heterocycles. The van der Waals surface area contributed by atoms with Crippen molar-refractivity contribution in [2.75, 3.05) is 6.54 Å². The minimum atomic E-state index is -0.0172. The lowest BCUT2D eigenvalue weighted by Gasteiger charge is -2.25. The third-order valence-corrected chi connectivity index (χ3v) is 4.02. The summed E-state index contributed by atoms with van der Waals surface area (Å²) in [5, 5.41) is 3.54. The van der Waals surface area contributed by atoms with Gasteiger partial charge in [-0.05, 0) is 37.8 Å². The highest BCUT2D eigenvalue weighted by atomic mass is 16.2. The van der Waals surface area contributed by atoms with Gasteiger partial charge in [0.05, 0.1) is 6.04 Å². The van der Waals surface area contributed by atoms with Crippen molar-refractivity contribution in [1.29, 1.82) is 0 Å². The van der Waals surface area contributed by atoms with E-state index in [0.29, 0.717) is 0 Å². The van der Waals surface area contributed by atoms with Gasteiger partial charge in [0.2, 0.25) is 5.91 Å². The van der Waals surface area contributed by atoms with Crippen molar-refractivity contribution in [3.63, 3.8) is 0 Å². The number of carbonyl (C=O) groups is 1. The van der Waals surface area contributed by atoms with Crippen LogP contribution in [0.25, 0.3) is 0 Å². The first-order valence-electron chi connectivity index (χ1n) is 7.72. The maximum absolute atomic E-state index is 12.5. The minimum absolute atomic E-state index is 0.0172. The zero-order valence-electron chi connectivity index (χ0n) is 13.1. The number of aryl methyl sites for hydroxylation is 2. The van der Waals surface area contributed by atoms with E-state index >= 15 is 0 Å². The molecule has 0 bridgehead atoms. The van der Waals surface area contributed by atoms with Crippen molar-refractivity contribution >= 4 is 5.91 Å². The molecule has 0 saturated carbocycles. The molecule has 1 heterocycles.